The highest BCUT2D eigenvalue weighted by Crippen LogP contribution is 2.31. The highest BCUT2D eigenvalue weighted by molar-refractivity contribution is 6.42. The number of aryl methyl sites for hydroxylation is 1. The molecule has 2 rings (SSSR count). The summed E-state index contributed by atoms with van der Waals surface area (Å²) in [5, 5.41) is 13.9. The second-order valence-electron chi connectivity index (χ2n) is 4.76. The van der Waals surface area contributed by atoms with Crippen LogP contribution in [0.3, 0.4) is 0 Å². The second kappa shape index (κ2) is 7.71. The molecule has 0 radical (unpaired) electrons. The van der Waals surface area contributed by atoms with Gasteiger partial charge in [-0.05, 0) is 24.3 Å². The van der Waals surface area contributed by atoms with Crippen LogP contribution in [-0.4, -0.2) is 28.9 Å². The Balaban J connectivity index is 1.73. The summed E-state index contributed by atoms with van der Waals surface area (Å²) in [5.74, 6) is 0.477. The second-order valence-corrected chi connectivity index (χ2v) is 5.54. The van der Waals surface area contributed by atoms with Gasteiger partial charge in [-0.1, -0.05) is 29.3 Å². The Morgan fingerprint density at radius 3 is 2.81 bits per heavy atom. The van der Waals surface area contributed by atoms with Crippen LogP contribution in [0.25, 0.3) is 0 Å². The van der Waals surface area contributed by atoms with Crippen molar-refractivity contribution in [2.45, 2.75) is 12.6 Å². The van der Waals surface area contributed by atoms with E-state index in [4.69, 9.17) is 27.9 Å². The van der Waals surface area contributed by atoms with E-state index in [0.29, 0.717) is 28.9 Å². The molecule has 0 aliphatic heterocycles. The van der Waals surface area contributed by atoms with Crippen molar-refractivity contribution >= 4 is 23.2 Å². The van der Waals surface area contributed by atoms with E-state index < -0.39 is 6.10 Å². The third-order valence-electron chi connectivity index (χ3n) is 3.08. The first-order valence-electron chi connectivity index (χ1n) is 6.63. The molecular weight excluding hydrogens is 311 g/mol. The van der Waals surface area contributed by atoms with Crippen molar-refractivity contribution in [3.8, 4) is 5.75 Å². The van der Waals surface area contributed by atoms with Gasteiger partial charge in [0.2, 0.25) is 0 Å². The van der Waals surface area contributed by atoms with E-state index in [1.54, 1.807) is 18.2 Å². The zero-order valence-electron chi connectivity index (χ0n) is 11.7. The minimum atomic E-state index is -0.625. The number of ether oxygens (including phenoxy) is 1. The molecule has 6 heteroatoms. The van der Waals surface area contributed by atoms with Crippen LogP contribution >= 0.6 is 23.2 Å². The Bertz CT molecular complexity index is 587. The molecule has 0 fully saturated rings. The molecule has 0 amide bonds. The van der Waals surface area contributed by atoms with Crippen molar-refractivity contribution in [1.29, 1.82) is 0 Å². The van der Waals surface area contributed by atoms with Crippen LogP contribution in [0.4, 0.5) is 0 Å². The summed E-state index contributed by atoms with van der Waals surface area (Å²) in [7, 11) is 1.98. The van der Waals surface area contributed by atoms with Gasteiger partial charge in [0.1, 0.15) is 23.5 Å². The van der Waals surface area contributed by atoms with E-state index >= 15 is 0 Å². The average Bonchev–Trinajstić information content (AvgIpc) is 2.86. The molecule has 1 heterocycles. The van der Waals surface area contributed by atoms with Gasteiger partial charge in [0.05, 0.1) is 5.02 Å². The normalized spacial score (nSPS) is 12.4. The van der Waals surface area contributed by atoms with Crippen LogP contribution in [0.5, 0.6) is 5.75 Å². The highest BCUT2D eigenvalue weighted by Gasteiger charge is 2.09. The molecule has 21 heavy (non-hydrogen) atoms. The minimum absolute atomic E-state index is 0.153. The summed E-state index contributed by atoms with van der Waals surface area (Å²) < 4.78 is 7.51. The lowest BCUT2D eigenvalue weighted by Crippen LogP contribution is -2.31. The summed E-state index contributed by atoms with van der Waals surface area (Å²) in [6.45, 7) is 1.28. The van der Waals surface area contributed by atoms with E-state index in [9.17, 15) is 5.11 Å². The molecule has 0 saturated carbocycles. The number of rotatable bonds is 7. The molecule has 0 bridgehead atoms. The fourth-order valence-electron chi connectivity index (χ4n) is 1.89. The summed E-state index contributed by atoms with van der Waals surface area (Å²) in [4.78, 5) is 0. The van der Waals surface area contributed by atoms with Crippen molar-refractivity contribution in [3.05, 3.63) is 52.3 Å². The lowest BCUT2D eigenvalue weighted by molar-refractivity contribution is 0.106. The van der Waals surface area contributed by atoms with Gasteiger partial charge in [0, 0.05) is 32.0 Å². The first kappa shape index (κ1) is 16.2. The van der Waals surface area contributed by atoms with Gasteiger partial charge in [-0.3, -0.25) is 0 Å². The molecule has 114 valence electrons. The van der Waals surface area contributed by atoms with Crippen molar-refractivity contribution in [3.63, 3.8) is 0 Å². The Hall–Kier alpha value is -1.20. The van der Waals surface area contributed by atoms with Crippen LogP contribution < -0.4 is 10.1 Å². The van der Waals surface area contributed by atoms with Crippen LogP contribution in [0.15, 0.2) is 36.5 Å². The van der Waals surface area contributed by atoms with Crippen LogP contribution in [0.1, 0.15) is 5.69 Å². The molecule has 1 aromatic carbocycles. The van der Waals surface area contributed by atoms with E-state index in [2.05, 4.69) is 5.32 Å². The van der Waals surface area contributed by atoms with E-state index in [1.807, 2.05) is 29.9 Å². The van der Waals surface area contributed by atoms with Crippen LogP contribution in [-0.2, 0) is 13.6 Å². The van der Waals surface area contributed by atoms with Crippen molar-refractivity contribution in [2.24, 2.45) is 7.05 Å². The third-order valence-corrected chi connectivity index (χ3v) is 3.89. The summed E-state index contributed by atoms with van der Waals surface area (Å²) >= 11 is 11.9. The summed E-state index contributed by atoms with van der Waals surface area (Å²) in [5.41, 5.74) is 1.15. The fourth-order valence-corrected chi connectivity index (χ4v) is 2.23. The number of nitrogens with zero attached hydrogens (tertiary/aromatic N) is 1. The molecule has 4 nitrogen and oxygen atoms in total. The zero-order chi connectivity index (χ0) is 15.2. The van der Waals surface area contributed by atoms with Crippen molar-refractivity contribution in [1.82, 2.24) is 9.88 Å². The Kier molecular flexibility index (Phi) is 5.94. The monoisotopic (exact) mass is 328 g/mol. The lowest BCUT2D eigenvalue weighted by atomic mass is 10.3. The first-order valence-corrected chi connectivity index (χ1v) is 7.39. The van der Waals surface area contributed by atoms with Gasteiger partial charge in [-0.25, -0.2) is 0 Å². The van der Waals surface area contributed by atoms with Gasteiger partial charge in [0.25, 0.3) is 0 Å². The average molecular weight is 329 g/mol. The summed E-state index contributed by atoms with van der Waals surface area (Å²) in [6, 6.07) is 9.18. The molecular formula is C15H18Cl2N2O2. The number of aromatic nitrogens is 1. The lowest BCUT2D eigenvalue weighted by Gasteiger charge is -2.14. The largest absolute Gasteiger partial charge is 0.489 e. The Morgan fingerprint density at radius 1 is 1.29 bits per heavy atom. The minimum Gasteiger partial charge on any atom is -0.489 e. The maximum absolute atomic E-state index is 9.90. The number of benzene rings is 1. The maximum Gasteiger partial charge on any atom is 0.139 e. The molecule has 0 saturated heterocycles. The predicted octanol–water partition coefficient (Wildman–Crippen LogP) is 2.86. The molecule has 2 N–H and O–H groups in total. The number of hydrogen-bond acceptors (Lipinski definition) is 3. The van der Waals surface area contributed by atoms with Gasteiger partial charge in [-0.2, -0.15) is 0 Å². The fraction of sp³-hybridized carbons (Fsp3) is 0.333. The van der Waals surface area contributed by atoms with Gasteiger partial charge < -0.3 is 19.7 Å². The molecule has 2 aromatic rings. The summed E-state index contributed by atoms with van der Waals surface area (Å²) in [6.07, 6.45) is 1.36. The zero-order valence-corrected chi connectivity index (χ0v) is 13.2. The van der Waals surface area contributed by atoms with E-state index in [0.717, 1.165) is 5.69 Å². The number of nitrogens with one attached hydrogen (secondary N) is 1. The number of aliphatic hydroxyl groups is 1. The van der Waals surface area contributed by atoms with Crippen LogP contribution in [0, 0.1) is 0 Å². The number of aliphatic hydroxyl groups excluding tert-OH is 1. The van der Waals surface area contributed by atoms with E-state index in [-0.39, 0.29) is 6.61 Å². The topological polar surface area (TPSA) is 46.4 Å². The first-order chi connectivity index (χ1) is 10.1. The van der Waals surface area contributed by atoms with Crippen molar-refractivity contribution < 1.29 is 9.84 Å². The standard InChI is InChI=1S/C15H18Cl2N2O2/c1-19-7-3-4-11(19)8-18-9-12(20)10-21-14-6-2-5-13(16)15(14)17/h2-7,12,18,20H,8-10H2,1H3. The predicted molar refractivity (Wildman–Crippen MR) is 85.1 cm³/mol. The molecule has 1 unspecified atom stereocenters. The van der Waals surface area contributed by atoms with Crippen LogP contribution in [0.2, 0.25) is 10.0 Å². The number of halogens is 2. The smallest absolute Gasteiger partial charge is 0.139 e. The van der Waals surface area contributed by atoms with Crippen molar-refractivity contribution in [2.75, 3.05) is 13.2 Å². The van der Waals surface area contributed by atoms with Gasteiger partial charge >= 0.3 is 0 Å². The molecule has 0 aliphatic carbocycles. The SMILES string of the molecule is Cn1cccc1CNCC(O)COc1cccc(Cl)c1Cl. The van der Waals surface area contributed by atoms with E-state index in [1.165, 1.54) is 0 Å². The molecule has 1 atom stereocenters. The maximum atomic E-state index is 9.90. The highest BCUT2D eigenvalue weighted by atomic mass is 35.5. The Morgan fingerprint density at radius 2 is 2.10 bits per heavy atom. The quantitative estimate of drug-likeness (QED) is 0.821. The van der Waals surface area contributed by atoms with Gasteiger partial charge in [-0.15, -0.1) is 0 Å². The number of hydrogen-bond donors (Lipinski definition) is 2. The Labute approximate surface area is 134 Å². The molecule has 0 spiro atoms. The van der Waals surface area contributed by atoms with Gasteiger partial charge in [0.15, 0.2) is 0 Å². The molecule has 0 aliphatic rings. The third kappa shape index (κ3) is 4.64. The molecule has 1 aromatic heterocycles.